The van der Waals surface area contributed by atoms with Crippen LogP contribution in [0.2, 0.25) is 5.02 Å². The van der Waals surface area contributed by atoms with Crippen molar-refractivity contribution in [2.45, 2.75) is 19.1 Å². The van der Waals surface area contributed by atoms with Crippen LogP contribution in [0.4, 0.5) is 0 Å². The number of benzene rings is 3. The van der Waals surface area contributed by atoms with E-state index < -0.39 is 6.10 Å². The second-order valence-corrected chi connectivity index (χ2v) is 9.60. The van der Waals surface area contributed by atoms with Crippen molar-refractivity contribution in [1.29, 1.82) is 0 Å². The molecule has 2 heterocycles. The highest BCUT2D eigenvalue weighted by atomic mass is 35.5. The SMILES string of the molecule is Cc1nc(-c2ccccc2)c(C(O)CN2CCN(C(c3ccccc3)c3ccc(Cl)cc3)CC2)[nH]1. The fourth-order valence-electron chi connectivity index (χ4n) is 5.00. The average molecular weight is 487 g/mol. The molecule has 0 bridgehead atoms. The molecule has 0 aliphatic carbocycles. The Morgan fingerprint density at radius 1 is 0.857 bits per heavy atom. The van der Waals surface area contributed by atoms with Gasteiger partial charge in [0, 0.05) is 43.3 Å². The normalized spacial score (nSPS) is 16.8. The number of hydrogen-bond acceptors (Lipinski definition) is 4. The number of aromatic nitrogens is 2. The average Bonchev–Trinajstić information content (AvgIpc) is 3.29. The Bertz CT molecular complexity index is 1220. The zero-order valence-corrected chi connectivity index (χ0v) is 20.7. The zero-order chi connectivity index (χ0) is 24.2. The van der Waals surface area contributed by atoms with E-state index in [9.17, 15) is 5.11 Å². The number of aliphatic hydroxyl groups excluding tert-OH is 1. The summed E-state index contributed by atoms with van der Waals surface area (Å²) in [6.45, 7) is 6.13. The van der Waals surface area contributed by atoms with Crippen LogP contribution in [0.1, 0.15) is 34.8 Å². The summed E-state index contributed by atoms with van der Waals surface area (Å²) in [6.07, 6.45) is -0.626. The Hall–Kier alpha value is -2.96. The van der Waals surface area contributed by atoms with Crippen molar-refractivity contribution in [3.63, 3.8) is 0 Å². The van der Waals surface area contributed by atoms with Gasteiger partial charge in [-0.3, -0.25) is 9.80 Å². The van der Waals surface area contributed by atoms with Crippen LogP contribution in [0.3, 0.4) is 0 Å². The number of piperazine rings is 1. The van der Waals surface area contributed by atoms with Crippen LogP contribution >= 0.6 is 11.6 Å². The molecule has 1 saturated heterocycles. The van der Waals surface area contributed by atoms with Crippen LogP contribution in [0.25, 0.3) is 11.3 Å². The zero-order valence-electron chi connectivity index (χ0n) is 19.9. The molecule has 1 aliphatic rings. The second kappa shape index (κ2) is 10.8. The number of hydrogen-bond donors (Lipinski definition) is 2. The van der Waals surface area contributed by atoms with Crippen LogP contribution in [0.5, 0.6) is 0 Å². The Balaban J connectivity index is 1.28. The lowest BCUT2D eigenvalue weighted by molar-refractivity contribution is 0.0610. The molecular weight excluding hydrogens is 456 g/mol. The Labute approximate surface area is 212 Å². The van der Waals surface area contributed by atoms with Gasteiger partial charge in [0.05, 0.1) is 17.4 Å². The molecule has 2 N–H and O–H groups in total. The summed E-state index contributed by atoms with van der Waals surface area (Å²) in [4.78, 5) is 12.8. The lowest BCUT2D eigenvalue weighted by Gasteiger charge is -2.40. The number of rotatable bonds is 7. The van der Waals surface area contributed by atoms with Crippen molar-refractivity contribution < 1.29 is 5.11 Å². The minimum Gasteiger partial charge on any atom is -0.385 e. The molecule has 3 aromatic carbocycles. The van der Waals surface area contributed by atoms with Crippen LogP contribution in [-0.2, 0) is 0 Å². The summed E-state index contributed by atoms with van der Waals surface area (Å²) in [6, 6.07) is 29.1. The van der Waals surface area contributed by atoms with E-state index >= 15 is 0 Å². The number of imidazole rings is 1. The van der Waals surface area contributed by atoms with E-state index in [0.29, 0.717) is 6.54 Å². The summed E-state index contributed by atoms with van der Waals surface area (Å²) in [5.41, 5.74) is 5.17. The topological polar surface area (TPSA) is 55.4 Å². The number of H-pyrrole nitrogens is 1. The van der Waals surface area contributed by atoms with Crippen LogP contribution < -0.4 is 0 Å². The Morgan fingerprint density at radius 2 is 1.46 bits per heavy atom. The molecule has 6 heteroatoms. The lowest BCUT2D eigenvalue weighted by atomic mass is 9.96. The molecule has 1 fully saturated rings. The predicted octanol–water partition coefficient (Wildman–Crippen LogP) is 5.48. The first-order valence-electron chi connectivity index (χ1n) is 12.2. The van der Waals surface area contributed by atoms with Gasteiger partial charge in [-0.25, -0.2) is 4.98 Å². The third kappa shape index (κ3) is 5.49. The number of nitrogens with zero attached hydrogens (tertiary/aromatic N) is 3. The molecule has 0 spiro atoms. The number of aryl methyl sites for hydroxylation is 1. The Kier molecular flexibility index (Phi) is 7.30. The van der Waals surface area contributed by atoms with E-state index in [1.165, 1.54) is 11.1 Å². The maximum atomic E-state index is 11.1. The number of aromatic amines is 1. The van der Waals surface area contributed by atoms with Gasteiger partial charge in [0.15, 0.2) is 0 Å². The lowest BCUT2D eigenvalue weighted by Crippen LogP contribution is -2.48. The quantitative estimate of drug-likeness (QED) is 0.363. The molecule has 2 unspecified atom stereocenters. The van der Waals surface area contributed by atoms with Crippen molar-refractivity contribution in [2.75, 3.05) is 32.7 Å². The fourth-order valence-corrected chi connectivity index (χ4v) is 5.13. The van der Waals surface area contributed by atoms with Gasteiger partial charge in [0.2, 0.25) is 0 Å². The minimum atomic E-state index is -0.626. The maximum absolute atomic E-state index is 11.1. The molecular formula is C29H31ClN4O. The molecule has 180 valence electrons. The first kappa shape index (κ1) is 23.8. The highest BCUT2D eigenvalue weighted by Crippen LogP contribution is 2.31. The summed E-state index contributed by atoms with van der Waals surface area (Å²) >= 11 is 6.17. The molecule has 0 radical (unpaired) electrons. The Morgan fingerprint density at radius 3 is 2.11 bits per heavy atom. The van der Waals surface area contributed by atoms with Gasteiger partial charge >= 0.3 is 0 Å². The molecule has 2 atom stereocenters. The third-order valence-corrected chi connectivity index (χ3v) is 6.99. The molecule has 1 aromatic heterocycles. The number of halogens is 1. The molecule has 1 aliphatic heterocycles. The van der Waals surface area contributed by atoms with Gasteiger partial charge in [-0.15, -0.1) is 0 Å². The maximum Gasteiger partial charge on any atom is 0.109 e. The highest BCUT2D eigenvalue weighted by Gasteiger charge is 2.28. The molecule has 0 saturated carbocycles. The van der Waals surface area contributed by atoms with Crippen LogP contribution in [-0.4, -0.2) is 57.6 Å². The summed E-state index contributed by atoms with van der Waals surface area (Å²) in [7, 11) is 0. The fraction of sp³-hybridized carbons (Fsp3) is 0.276. The number of β-amino-alcohol motifs (C(OH)–C–C–N with tert-alkyl or cyclic N) is 1. The monoisotopic (exact) mass is 486 g/mol. The summed E-state index contributed by atoms with van der Waals surface area (Å²) < 4.78 is 0. The van der Waals surface area contributed by atoms with Crippen LogP contribution in [0, 0.1) is 6.92 Å². The largest absolute Gasteiger partial charge is 0.385 e. The van der Waals surface area contributed by atoms with Gasteiger partial charge in [-0.05, 0) is 30.2 Å². The first-order chi connectivity index (χ1) is 17.1. The molecule has 0 amide bonds. The standard InChI is InChI=1S/C29H31ClN4O/c1-21-31-27(22-8-4-2-5-9-22)28(32-21)26(35)20-33-16-18-34(19-17-33)29(23-10-6-3-7-11-23)24-12-14-25(30)15-13-24/h2-15,26,29,35H,16-20H2,1H3,(H,31,32). The van der Waals surface area contributed by atoms with Gasteiger partial charge in [0.25, 0.3) is 0 Å². The van der Waals surface area contributed by atoms with Gasteiger partial charge in [0.1, 0.15) is 11.9 Å². The van der Waals surface area contributed by atoms with Gasteiger partial charge in [-0.1, -0.05) is 84.4 Å². The molecule has 5 rings (SSSR count). The van der Waals surface area contributed by atoms with Crippen LogP contribution in [0.15, 0.2) is 84.9 Å². The van der Waals surface area contributed by atoms with E-state index in [1.54, 1.807) is 0 Å². The van der Waals surface area contributed by atoms with Crippen molar-refractivity contribution >= 4 is 11.6 Å². The smallest absolute Gasteiger partial charge is 0.109 e. The minimum absolute atomic E-state index is 0.181. The molecule has 5 nitrogen and oxygen atoms in total. The summed E-state index contributed by atoms with van der Waals surface area (Å²) in [5, 5.41) is 11.9. The highest BCUT2D eigenvalue weighted by molar-refractivity contribution is 6.30. The second-order valence-electron chi connectivity index (χ2n) is 9.17. The van der Waals surface area contributed by atoms with Crippen molar-refractivity contribution in [1.82, 2.24) is 19.8 Å². The predicted molar refractivity (Wildman–Crippen MR) is 141 cm³/mol. The molecule has 4 aromatic rings. The van der Waals surface area contributed by atoms with Gasteiger partial charge < -0.3 is 10.1 Å². The van der Waals surface area contributed by atoms with Crippen molar-refractivity contribution in [3.8, 4) is 11.3 Å². The first-order valence-corrected chi connectivity index (χ1v) is 12.5. The van der Waals surface area contributed by atoms with E-state index in [0.717, 1.165) is 54.0 Å². The third-order valence-electron chi connectivity index (χ3n) is 6.73. The van der Waals surface area contributed by atoms with Gasteiger partial charge in [-0.2, -0.15) is 0 Å². The number of nitrogens with one attached hydrogen (secondary N) is 1. The van der Waals surface area contributed by atoms with E-state index in [-0.39, 0.29) is 6.04 Å². The molecule has 35 heavy (non-hydrogen) atoms. The van der Waals surface area contributed by atoms with Crippen molar-refractivity contribution in [2.24, 2.45) is 0 Å². The van der Waals surface area contributed by atoms with E-state index in [2.05, 4.69) is 62.2 Å². The summed E-state index contributed by atoms with van der Waals surface area (Å²) in [5.74, 6) is 0.816. The van der Waals surface area contributed by atoms with E-state index in [4.69, 9.17) is 11.6 Å². The van der Waals surface area contributed by atoms with E-state index in [1.807, 2.05) is 49.4 Å². The number of aliphatic hydroxyl groups is 1. The van der Waals surface area contributed by atoms with Crippen molar-refractivity contribution in [3.05, 3.63) is 113 Å².